The molecule has 0 fully saturated rings. The number of hydrogen-bond donors (Lipinski definition) is 1. The lowest BCUT2D eigenvalue weighted by Crippen LogP contribution is -2.33. The van der Waals surface area contributed by atoms with Crippen molar-refractivity contribution in [3.05, 3.63) is 68.0 Å². The van der Waals surface area contributed by atoms with E-state index in [2.05, 4.69) is 4.98 Å². The molecular weight excluding hydrogens is 282 g/mol. The number of hydrogen-bond acceptors (Lipinski definition) is 3. The molecule has 110 valence electrons. The zero-order valence-electron chi connectivity index (χ0n) is 11.2. The average Bonchev–Trinajstić information content (AvgIpc) is 2.44. The fourth-order valence-electron chi connectivity index (χ4n) is 1.87. The second-order valence-corrected chi connectivity index (χ2v) is 4.44. The van der Waals surface area contributed by atoms with Crippen LogP contribution in [0.2, 0.25) is 0 Å². The van der Waals surface area contributed by atoms with Crippen molar-refractivity contribution < 1.29 is 13.6 Å². The van der Waals surface area contributed by atoms with Gasteiger partial charge in [0.05, 0.1) is 12.1 Å². The molecule has 0 atom stereocenters. The van der Waals surface area contributed by atoms with Crippen LogP contribution in [-0.2, 0) is 13.0 Å². The fourth-order valence-corrected chi connectivity index (χ4v) is 1.87. The van der Waals surface area contributed by atoms with Gasteiger partial charge in [0, 0.05) is 11.8 Å². The predicted molar refractivity (Wildman–Crippen MR) is 71.4 cm³/mol. The predicted octanol–water partition coefficient (Wildman–Crippen LogP) is 1.26. The first-order valence-corrected chi connectivity index (χ1v) is 6.23. The van der Waals surface area contributed by atoms with Crippen molar-refractivity contribution in [1.29, 1.82) is 0 Å². The van der Waals surface area contributed by atoms with Crippen LogP contribution in [0.4, 0.5) is 8.78 Å². The highest BCUT2D eigenvalue weighted by Crippen LogP contribution is 2.11. The Morgan fingerprint density at radius 3 is 2.67 bits per heavy atom. The molecule has 1 N–H and O–H groups in total. The number of benzene rings is 1. The number of rotatable bonds is 4. The second kappa shape index (κ2) is 5.82. The third-order valence-corrected chi connectivity index (χ3v) is 3.01. The van der Waals surface area contributed by atoms with Gasteiger partial charge in [0.25, 0.3) is 5.56 Å². The number of halogens is 2. The zero-order valence-corrected chi connectivity index (χ0v) is 11.2. The summed E-state index contributed by atoms with van der Waals surface area (Å²) >= 11 is 0. The molecule has 0 aliphatic heterocycles. The van der Waals surface area contributed by atoms with Crippen LogP contribution in [0, 0.1) is 11.6 Å². The summed E-state index contributed by atoms with van der Waals surface area (Å²) in [7, 11) is 0. The highest BCUT2D eigenvalue weighted by Gasteiger charge is 2.15. The van der Waals surface area contributed by atoms with E-state index in [0.29, 0.717) is 12.0 Å². The first kappa shape index (κ1) is 14.8. The van der Waals surface area contributed by atoms with Gasteiger partial charge in [-0.3, -0.25) is 19.1 Å². The minimum absolute atomic E-state index is 0.321. The van der Waals surface area contributed by atoms with E-state index in [-0.39, 0.29) is 0 Å². The lowest BCUT2D eigenvalue weighted by atomic mass is 10.1. The van der Waals surface area contributed by atoms with Crippen molar-refractivity contribution in [3.8, 4) is 0 Å². The summed E-state index contributed by atoms with van der Waals surface area (Å²) in [5.74, 6) is -2.37. The maximum absolute atomic E-state index is 13.5. The lowest BCUT2D eigenvalue weighted by Gasteiger charge is -2.07. The number of H-pyrrole nitrogens is 1. The van der Waals surface area contributed by atoms with E-state index in [0.717, 1.165) is 22.8 Å². The molecule has 5 nitrogen and oxygen atoms in total. The molecule has 0 saturated carbocycles. The van der Waals surface area contributed by atoms with Crippen molar-refractivity contribution in [3.63, 3.8) is 0 Å². The molecule has 0 unspecified atom stereocenters. The van der Waals surface area contributed by atoms with E-state index in [9.17, 15) is 23.2 Å². The van der Waals surface area contributed by atoms with Gasteiger partial charge in [-0.1, -0.05) is 6.92 Å². The highest BCUT2D eigenvalue weighted by molar-refractivity contribution is 5.96. The summed E-state index contributed by atoms with van der Waals surface area (Å²) < 4.78 is 27.5. The molecule has 0 spiro atoms. The Hall–Kier alpha value is -2.57. The standard InChI is InChI=1S/C14H12F2N2O3/c1-2-8-6-18(14(21)17-13(8)20)7-12(19)10-5-9(15)3-4-11(10)16/h3-6H,2,7H2,1H3,(H,17,20,21). The van der Waals surface area contributed by atoms with E-state index >= 15 is 0 Å². The largest absolute Gasteiger partial charge is 0.328 e. The van der Waals surface area contributed by atoms with Gasteiger partial charge >= 0.3 is 5.69 Å². The van der Waals surface area contributed by atoms with Crippen LogP contribution in [-0.4, -0.2) is 15.3 Å². The van der Waals surface area contributed by atoms with Gasteiger partial charge in [-0.05, 0) is 24.6 Å². The number of aromatic nitrogens is 2. The quantitative estimate of drug-likeness (QED) is 0.863. The van der Waals surface area contributed by atoms with Crippen molar-refractivity contribution >= 4 is 5.78 Å². The molecule has 0 radical (unpaired) electrons. The van der Waals surface area contributed by atoms with Crippen molar-refractivity contribution in [2.75, 3.05) is 0 Å². The first-order valence-electron chi connectivity index (χ1n) is 6.23. The summed E-state index contributed by atoms with van der Waals surface area (Å²) in [6, 6.07) is 2.51. The lowest BCUT2D eigenvalue weighted by molar-refractivity contribution is 0.0965. The number of aryl methyl sites for hydroxylation is 1. The molecule has 0 aliphatic rings. The third-order valence-electron chi connectivity index (χ3n) is 3.01. The van der Waals surface area contributed by atoms with Crippen LogP contribution < -0.4 is 11.2 Å². The molecule has 2 aromatic rings. The van der Waals surface area contributed by atoms with Gasteiger partial charge in [-0.15, -0.1) is 0 Å². The topological polar surface area (TPSA) is 71.9 Å². The fraction of sp³-hybridized carbons (Fsp3) is 0.214. The molecule has 7 heteroatoms. The van der Waals surface area contributed by atoms with E-state index in [1.165, 1.54) is 6.20 Å². The molecule has 2 rings (SSSR count). The monoisotopic (exact) mass is 294 g/mol. The second-order valence-electron chi connectivity index (χ2n) is 4.44. The molecule has 21 heavy (non-hydrogen) atoms. The smallest absolute Gasteiger partial charge is 0.293 e. The Morgan fingerprint density at radius 2 is 2.00 bits per heavy atom. The molecule has 1 aromatic heterocycles. The summed E-state index contributed by atoms with van der Waals surface area (Å²) in [4.78, 5) is 37.1. The van der Waals surface area contributed by atoms with E-state index < -0.39 is 40.8 Å². The summed E-state index contributed by atoms with van der Waals surface area (Å²) in [5.41, 5.74) is -1.42. The van der Waals surface area contributed by atoms with Gasteiger partial charge in [0.1, 0.15) is 11.6 Å². The number of nitrogens with one attached hydrogen (secondary N) is 1. The zero-order chi connectivity index (χ0) is 15.6. The van der Waals surface area contributed by atoms with E-state index in [1.54, 1.807) is 6.92 Å². The molecule has 1 aromatic carbocycles. The van der Waals surface area contributed by atoms with Crippen molar-refractivity contribution in [1.82, 2.24) is 9.55 Å². The molecule has 0 bridgehead atoms. The number of aromatic amines is 1. The Bertz CT molecular complexity index is 809. The van der Waals surface area contributed by atoms with Crippen LogP contribution in [0.5, 0.6) is 0 Å². The van der Waals surface area contributed by atoms with Crippen LogP contribution in [0.1, 0.15) is 22.8 Å². The normalized spacial score (nSPS) is 10.6. The number of carbonyl (C=O) groups is 1. The summed E-state index contributed by atoms with van der Waals surface area (Å²) in [6.45, 7) is 1.23. The molecule has 0 amide bonds. The first-order chi connectivity index (χ1) is 9.92. The summed E-state index contributed by atoms with van der Waals surface area (Å²) in [5, 5.41) is 0. The van der Waals surface area contributed by atoms with Crippen LogP contribution in [0.25, 0.3) is 0 Å². The van der Waals surface area contributed by atoms with Gasteiger partial charge in [-0.2, -0.15) is 0 Å². The molecule has 0 aliphatic carbocycles. The minimum atomic E-state index is -0.866. The molecular formula is C14H12F2N2O3. The SMILES string of the molecule is CCc1cn(CC(=O)c2cc(F)ccc2F)c(=O)[nH]c1=O. The van der Waals surface area contributed by atoms with E-state index in [4.69, 9.17) is 0 Å². The Balaban J connectivity index is 2.38. The molecule has 0 saturated heterocycles. The van der Waals surface area contributed by atoms with Crippen molar-refractivity contribution in [2.24, 2.45) is 0 Å². The Morgan fingerprint density at radius 1 is 1.29 bits per heavy atom. The highest BCUT2D eigenvalue weighted by atomic mass is 19.1. The van der Waals surface area contributed by atoms with E-state index in [1.807, 2.05) is 0 Å². The number of nitrogens with zero attached hydrogens (tertiary/aromatic N) is 1. The average molecular weight is 294 g/mol. The number of ketones is 1. The summed E-state index contributed by atoms with van der Waals surface area (Å²) in [6.07, 6.45) is 1.62. The van der Waals surface area contributed by atoms with Gasteiger partial charge < -0.3 is 0 Å². The Kier molecular flexibility index (Phi) is 4.11. The number of carbonyl (C=O) groups excluding carboxylic acids is 1. The minimum Gasteiger partial charge on any atom is -0.293 e. The third kappa shape index (κ3) is 3.13. The van der Waals surface area contributed by atoms with Crippen LogP contribution in [0.3, 0.4) is 0 Å². The Labute approximate surface area is 117 Å². The molecule has 1 heterocycles. The number of Topliss-reactive ketones (excluding diaryl/α,β-unsaturated/α-hetero) is 1. The maximum atomic E-state index is 13.5. The van der Waals surface area contributed by atoms with Gasteiger partial charge in [0.15, 0.2) is 5.78 Å². The van der Waals surface area contributed by atoms with Gasteiger partial charge in [-0.25, -0.2) is 13.6 Å². The van der Waals surface area contributed by atoms with Crippen LogP contribution in [0.15, 0.2) is 34.0 Å². The van der Waals surface area contributed by atoms with Crippen molar-refractivity contribution in [2.45, 2.75) is 19.9 Å². The maximum Gasteiger partial charge on any atom is 0.328 e. The van der Waals surface area contributed by atoms with Gasteiger partial charge in [0.2, 0.25) is 0 Å². The van der Waals surface area contributed by atoms with Crippen LogP contribution >= 0.6 is 0 Å².